The molecule has 0 radical (unpaired) electrons. The van der Waals surface area contributed by atoms with Crippen molar-refractivity contribution in [3.8, 4) is 0 Å². The zero-order valence-electron chi connectivity index (χ0n) is 13.8. The van der Waals surface area contributed by atoms with E-state index in [1.165, 1.54) is 17.7 Å². The molecule has 3 heterocycles. The van der Waals surface area contributed by atoms with Crippen molar-refractivity contribution in [1.82, 2.24) is 20.5 Å². The van der Waals surface area contributed by atoms with Crippen LogP contribution in [-0.4, -0.2) is 35.5 Å². The number of nitrogens with zero attached hydrogens (tertiary/aromatic N) is 2. The largest absolute Gasteiger partial charge is 0.338 e. The molecule has 24 heavy (non-hydrogen) atoms. The van der Waals surface area contributed by atoms with Crippen LogP contribution in [0.1, 0.15) is 23.3 Å². The number of likely N-dealkylation sites (tertiary alicyclic amines) is 1. The minimum absolute atomic E-state index is 0.103. The number of pyridine rings is 1. The summed E-state index contributed by atoms with van der Waals surface area (Å²) in [6.07, 6.45) is 5.89. The van der Waals surface area contributed by atoms with E-state index in [1.807, 2.05) is 23.5 Å². The topological polar surface area (TPSA) is 57.3 Å². The Hall–Kier alpha value is -1.92. The van der Waals surface area contributed by atoms with Gasteiger partial charge >= 0.3 is 6.03 Å². The van der Waals surface area contributed by atoms with Crippen LogP contribution in [0.2, 0.25) is 0 Å². The van der Waals surface area contributed by atoms with E-state index in [1.54, 1.807) is 12.4 Å². The number of nitrogens with one attached hydrogen (secondary N) is 2. The van der Waals surface area contributed by atoms with Crippen LogP contribution < -0.4 is 10.6 Å². The van der Waals surface area contributed by atoms with Crippen molar-refractivity contribution in [2.75, 3.05) is 19.6 Å². The van der Waals surface area contributed by atoms with Gasteiger partial charge in [-0.2, -0.15) is 0 Å². The molecule has 2 N–H and O–H groups in total. The number of hydrogen-bond donors (Lipinski definition) is 2. The maximum atomic E-state index is 11.9. The fraction of sp³-hybridized carbons (Fsp3) is 0.444. The molecule has 5 nitrogen and oxygen atoms in total. The number of hydrogen-bond acceptors (Lipinski definition) is 4. The summed E-state index contributed by atoms with van der Waals surface area (Å²) in [7, 11) is 0. The van der Waals surface area contributed by atoms with Crippen molar-refractivity contribution in [3.05, 3.63) is 52.5 Å². The minimum Gasteiger partial charge on any atom is -0.338 e. The van der Waals surface area contributed by atoms with Gasteiger partial charge in [-0.05, 0) is 48.4 Å². The number of carbonyl (C=O) groups is 1. The minimum atomic E-state index is -0.103. The Morgan fingerprint density at radius 1 is 1.33 bits per heavy atom. The van der Waals surface area contributed by atoms with E-state index < -0.39 is 0 Å². The molecule has 2 amide bonds. The van der Waals surface area contributed by atoms with Crippen LogP contribution in [0.4, 0.5) is 4.79 Å². The van der Waals surface area contributed by atoms with Gasteiger partial charge in [0.1, 0.15) is 0 Å². The zero-order valence-corrected chi connectivity index (χ0v) is 14.6. The van der Waals surface area contributed by atoms with Gasteiger partial charge in [0.05, 0.1) is 0 Å². The first-order valence-corrected chi connectivity index (χ1v) is 9.33. The Morgan fingerprint density at radius 3 is 3.08 bits per heavy atom. The Kier molecular flexibility index (Phi) is 6.20. The Labute approximate surface area is 147 Å². The molecule has 1 atom stereocenters. The number of rotatable bonds is 6. The van der Waals surface area contributed by atoms with E-state index in [2.05, 4.69) is 38.0 Å². The Bertz CT molecular complexity index is 617. The summed E-state index contributed by atoms with van der Waals surface area (Å²) in [5.74, 6) is 0.530. The van der Waals surface area contributed by atoms with Crippen LogP contribution in [-0.2, 0) is 13.1 Å². The molecule has 128 valence electrons. The average Bonchev–Trinajstić information content (AvgIpc) is 3.12. The highest BCUT2D eigenvalue weighted by Gasteiger charge is 2.20. The van der Waals surface area contributed by atoms with E-state index in [9.17, 15) is 4.79 Å². The molecule has 0 aromatic carbocycles. The molecule has 6 heteroatoms. The summed E-state index contributed by atoms with van der Waals surface area (Å²) in [4.78, 5) is 19.9. The monoisotopic (exact) mass is 344 g/mol. The summed E-state index contributed by atoms with van der Waals surface area (Å²) in [6, 6.07) is 8.03. The average molecular weight is 344 g/mol. The fourth-order valence-corrected chi connectivity index (χ4v) is 3.82. The highest BCUT2D eigenvalue weighted by Crippen LogP contribution is 2.19. The third kappa shape index (κ3) is 5.32. The molecule has 1 aliphatic heterocycles. The van der Waals surface area contributed by atoms with Crippen LogP contribution in [0.3, 0.4) is 0 Å². The van der Waals surface area contributed by atoms with Gasteiger partial charge in [0, 0.05) is 43.4 Å². The van der Waals surface area contributed by atoms with Gasteiger partial charge in [0.15, 0.2) is 0 Å². The Balaban J connectivity index is 1.37. The maximum absolute atomic E-state index is 11.9. The predicted octanol–water partition coefficient (Wildman–Crippen LogP) is 2.85. The van der Waals surface area contributed by atoms with E-state index in [4.69, 9.17) is 0 Å². The van der Waals surface area contributed by atoms with Crippen molar-refractivity contribution in [3.63, 3.8) is 0 Å². The first kappa shape index (κ1) is 16.9. The molecular weight excluding hydrogens is 320 g/mol. The van der Waals surface area contributed by atoms with Gasteiger partial charge in [-0.15, -0.1) is 11.3 Å². The first-order valence-electron chi connectivity index (χ1n) is 8.45. The SMILES string of the molecule is O=C(NCc1cccnc1)NC[C@H]1CCCN(Cc2cccs2)C1. The lowest BCUT2D eigenvalue weighted by atomic mass is 9.98. The van der Waals surface area contributed by atoms with Crippen molar-refractivity contribution < 1.29 is 4.79 Å². The van der Waals surface area contributed by atoms with Gasteiger partial charge < -0.3 is 10.6 Å². The van der Waals surface area contributed by atoms with Crippen LogP contribution in [0, 0.1) is 5.92 Å². The van der Waals surface area contributed by atoms with Gasteiger partial charge in [0.25, 0.3) is 0 Å². The van der Waals surface area contributed by atoms with Crippen molar-refractivity contribution in [1.29, 1.82) is 0 Å². The van der Waals surface area contributed by atoms with Gasteiger partial charge in [-0.3, -0.25) is 9.88 Å². The Morgan fingerprint density at radius 2 is 2.29 bits per heavy atom. The molecular formula is C18H24N4OS. The highest BCUT2D eigenvalue weighted by molar-refractivity contribution is 7.09. The predicted molar refractivity (Wildman–Crippen MR) is 96.8 cm³/mol. The first-order chi connectivity index (χ1) is 11.8. The number of piperidine rings is 1. The number of urea groups is 1. The van der Waals surface area contributed by atoms with E-state index in [-0.39, 0.29) is 6.03 Å². The molecule has 0 saturated carbocycles. The number of thiophene rings is 1. The molecule has 0 spiro atoms. The lowest BCUT2D eigenvalue weighted by Gasteiger charge is -2.32. The van der Waals surface area contributed by atoms with Crippen LogP contribution in [0.25, 0.3) is 0 Å². The molecule has 0 unspecified atom stereocenters. The second-order valence-corrected chi connectivity index (χ2v) is 7.28. The van der Waals surface area contributed by atoms with Crippen LogP contribution in [0.5, 0.6) is 0 Å². The van der Waals surface area contributed by atoms with E-state index in [0.29, 0.717) is 12.5 Å². The molecule has 2 aromatic rings. The maximum Gasteiger partial charge on any atom is 0.315 e. The molecule has 3 rings (SSSR count). The quantitative estimate of drug-likeness (QED) is 0.847. The number of amides is 2. The van der Waals surface area contributed by atoms with E-state index >= 15 is 0 Å². The summed E-state index contributed by atoms with van der Waals surface area (Å²) in [6.45, 7) is 4.48. The lowest BCUT2D eigenvalue weighted by molar-refractivity contribution is 0.166. The lowest BCUT2D eigenvalue weighted by Crippen LogP contribution is -2.43. The third-order valence-corrected chi connectivity index (χ3v) is 5.15. The standard InChI is InChI=1S/C18H24N4OS/c23-18(20-11-15-4-1-7-19-10-15)21-12-16-5-2-8-22(13-16)14-17-6-3-9-24-17/h1,3-4,6-7,9-10,16H,2,5,8,11-14H2,(H2,20,21,23)/t16-/m1/s1. The molecule has 0 bridgehead atoms. The number of aromatic nitrogens is 1. The van der Waals surface area contributed by atoms with Gasteiger partial charge in [0.2, 0.25) is 0 Å². The molecule has 1 aliphatic rings. The van der Waals surface area contributed by atoms with Crippen LogP contribution >= 0.6 is 11.3 Å². The summed E-state index contributed by atoms with van der Waals surface area (Å²) in [5.41, 5.74) is 1.01. The highest BCUT2D eigenvalue weighted by atomic mass is 32.1. The smallest absolute Gasteiger partial charge is 0.315 e. The summed E-state index contributed by atoms with van der Waals surface area (Å²) in [5, 5.41) is 8.02. The van der Waals surface area contributed by atoms with Gasteiger partial charge in [-0.25, -0.2) is 4.79 Å². The summed E-state index contributed by atoms with van der Waals surface area (Å²) >= 11 is 1.81. The second-order valence-electron chi connectivity index (χ2n) is 6.25. The molecule has 1 fully saturated rings. The molecule has 2 aromatic heterocycles. The normalized spacial score (nSPS) is 18.2. The molecule has 0 aliphatic carbocycles. The van der Waals surface area contributed by atoms with Crippen molar-refractivity contribution in [2.24, 2.45) is 5.92 Å². The van der Waals surface area contributed by atoms with Gasteiger partial charge in [-0.1, -0.05) is 12.1 Å². The van der Waals surface area contributed by atoms with Crippen molar-refractivity contribution in [2.45, 2.75) is 25.9 Å². The van der Waals surface area contributed by atoms with E-state index in [0.717, 1.165) is 31.7 Å². The third-order valence-electron chi connectivity index (χ3n) is 4.29. The van der Waals surface area contributed by atoms with Crippen LogP contribution in [0.15, 0.2) is 42.0 Å². The fourth-order valence-electron chi connectivity index (χ4n) is 3.07. The molecule has 1 saturated heterocycles. The number of carbonyl (C=O) groups excluding carboxylic acids is 1. The second kappa shape index (κ2) is 8.80. The zero-order chi connectivity index (χ0) is 16.6. The summed E-state index contributed by atoms with van der Waals surface area (Å²) < 4.78 is 0. The van der Waals surface area contributed by atoms with Crippen molar-refractivity contribution >= 4 is 17.4 Å².